The number of rotatable bonds is 13. The van der Waals surface area contributed by atoms with Crippen LogP contribution >= 0.6 is 0 Å². The lowest BCUT2D eigenvalue weighted by Gasteiger charge is -2.28. The lowest BCUT2D eigenvalue weighted by atomic mass is 9.99. The Bertz CT molecular complexity index is 1490. The maximum atomic E-state index is 13.2. The number of nitrogens with one attached hydrogen (secondary N) is 3. The summed E-state index contributed by atoms with van der Waals surface area (Å²) in [7, 11) is 0. The summed E-state index contributed by atoms with van der Waals surface area (Å²) in [5.74, 6) is -0.389. The van der Waals surface area contributed by atoms with E-state index >= 15 is 0 Å². The molecule has 9 heteroatoms. The number of aromatic nitrogens is 1. The second-order valence-electron chi connectivity index (χ2n) is 11.9. The van der Waals surface area contributed by atoms with E-state index in [9.17, 15) is 19.8 Å². The zero-order valence-corrected chi connectivity index (χ0v) is 25.4. The highest BCUT2D eigenvalue weighted by atomic mass is 16.6. The van der Waals surface area contributed by atoms with Crippen LogP contribution in [0.1, 0.15) is 42.4 Å². The molecular weight excluding hydrogens is 556 g/mol. The summed E-state index contributed by atoms with van der Waals surface area (Å²) in [6, 6.07) is 28.9. The molecule has 0 saturated carbocycles. The zero-order chi connectivity index (χ0) is 31.5. The van der Waals surface area contributed by atoms with Crippen molar-refractivity contribution in [3.63, 3.8) is 0 Å². The largest absolute Gasteiger partial charge is 0.444 e. The van der Waals surface area contributed by atoms with E-state index in [-0.39, 0.29) is 24.7 Å². The number of fused-ring (bicyclic) bond motifs is 1. The van der Waals surface area contributed by atoms with Gasteiger partial charge in [-0.05, 0) is 56.9 Å². The van der Waals surface area contributed by atoms with Crippen molar-refractivity contribution in [2.45, 2.75) is 63.5 Å². The van der Waals surface area contributed by atoms with Crippen molar-refractivity contribution in [3.05, 3.63) is 114 Å². The average molecular weight is 599 g/mol. The SMILES string of the molecule is CC(C)(C)OC(=O)N[C@@H](Cc1ccccc1)[C@H](O)CNC[C@@H](O)[C@H](Cc1ccccc1)NC(=O)c1ccc2ccccc2n1. The molecule has 4 aromatic rings. The molecule has 0 unspecified atom stereocenters. The second kappa shape index (κ2) is 15.4. The van der Waals surface area contributed by atoms with Crippen molar-refractivity contribution >= 4 is 22.9 Å². The Morgan fingerprint density at radius 2 is 1.25 bits per heavy atom. The summed E-state index contributed by atoms with van der Waals surface area (Å²) >= 11 is 0. The number of para-hydroxylation sites is 1. The van der Waals surface area contributed by atoms with Crippen molar-refractivity contribution in [1.82, 2.24) is 20.9 Å². The molecule has 2 amide bonds. The third-order valence-electron chi connectivity index (χ3n) is 7.08. The number of carbonyl (C=O) groups excluding carboxylic acids is 2. The molecule has 0 radical (unpaired) electrons. The van der Waals surface area contributed by atoms with Crippen LogP contribution in [0.15, 0.2) is 97.1 Å². The monoisotopic (exact) mass is 598 g/mol. The smallest absolute Gasteiger partial charge is 0.407 e. The zero-order valence-electron chi connectivity index (χ0n) is 25.4. The highest BCUT2D eigenvalue weighted by Gasteiger charge is 2.27. The maximum absolute atomic E-state index is 13.2. The van der Waals surface area contributed by atoms with Crippen molar-refractivity contribution in [2.24, 2.45) is 0 Å². The lowest BCUT2D eigenvalue weighted by Crippen LogP contribution is -2.52. The lowest BCUT2D eigenvalue weighted by molar-refractivity contribution is 0.0416. The van der Waals surface area contributed by atoms with Gasteiger partial charge in [0, 0.05) is 18.5 Å². The van der Waals surface area contributed by atoms with Gasteiger partial charge in [-0.2, -0.15) is 0 Å². The molecule has 5 N–H and O–H groups in total. The van der Waals surface area contributed by atoms with Crippen molar-refractivity contribution in [3.8, 4) is 0 Å². The molecule has 232 valence electrons. The van der Waals surface area contributed by atoms with Gasteiger partial charge in [0.15, 0.2) is 0 Å². The third-order valence-corrected chi connectivity index (χ3v) is 7.08. The van der Waals surface area contributed by atoms with Crippen LogP contribution in [0.5, 0.6) is 0 Å². The van der Waals surface area contributed by atoms with Gasteiger partial charge in [0.05, 0.1) is 29.8 Å². The number of carbonyl (C=O) groups is 2. The van der Waals surface area contributed by atoms with Crippen LogP contribution in [-0.4, -0.2) is 70.2 Å². The molecule has 3 aromatic carbocycles. The molecule has 4 atom stereocenters. The second-order valence-corrected chi connectivity index (χ2v) is 11.9. The molecule has 1 heterocycles. The van der Waals surface area contributed by atoms with Crippen LogP contribution in [0.2, 0.25) is 0 Å². The van der Waals surface area contributed by atoms with Crippen molar-refractivity contribution in [2.75, 3.05) is 13.1 Å². The summed E-state index contributed by atoms with van der Waals surface area (Å²) in [6.45, 7) is 5.50. The first-order valence-corrected chi connectivity index (χ1v) is 14.9. The molecule has 0 spiro atoms. The van der Waals surface area contributed by atoms with Gasteiger partial charge in [0.2, 0.25) is 0 Å². The minimum atomic E-state index is -0.988. The van der Waals surface area contributed by atoms with E-state index in [0.717, 1.165) is 16.5 Å². The number of pyridine rings is 1. The molecule has 0 saturated heterocycles. The Balaban J connectivity index is 1.41. The number of nitrogens with zero attached hydrogens (tertiary/aromatic N) is 1. The van der Waals surface area contributed by atoms with E-state index in [1.165, 1.54) is 0 Å². The fourth-order valence-corrected chi connectivity index (χ4v) is 4.86. The summed E-state index contributed by atoms with van der Waals surface area (Å²) in [5, 5.41) is 32.1. The highest BCUT2D eigenvalue weighted by molar-refractivity contribution is 5.95. The van der Waals surface area contributed by atoms with Gasteiger partial charge in [0.25, 0.3) is 5.91 Å². The number of hydrogen-bond acceptors (Lipinski definition) is 7. The Hall–Kier alpha value is -4.31. The van der Waals surface area contributed by atoms with Crippen LogP contribution in [0.3, 0.4) is 0 Å². The number of alkyl carbamates (subject to hydrolysis) is 1. The van der Waals surface area contributed by atoms with E-state index in [2.05, 4.69) is 20.9 Å². The van der Waals surface area contributed by atoms with Crippen LogP contribution in [-0.2, 0) is 17.6 Å². The van der Waals surface area contributed by atoms with Gasteiger partial charge >= 0.3 is 6.09 Å². The fraction of sp³-hybridized carbons (Fsp3) is 0.343. The number of aliphatic hydroxyl groups is 2. The van der Waals surface area contributed by atoms with Crippen LogP contribution in [0, 0.1) is 0 Å². The first-order valence-electron chi connectivity index (χ1n) is 14.9. The molecule has 0 aliphatic rings. The molecular formula is C35H42N4O5. The predicted molar refractivity (Wildman–Crippen MR) is 171 cm³/mol. The summed E-state index contributed by atoms with van der Waals surface area (Å²) < 4.78 is 5.42. The molecule has 44 heavy (non-hydrogen) atoms. The van der Waals surface area contributed by atoms with Crippen molar-refractivity contribution in [1.29, 1.82) is 0 Å². The van der Waals surface area contributed by atoms with Crippen LogP contribution in [0.4, 0.5) is 4.79 Å². The summed E-state index contributed by atoms with van der Waals surface area (Å²) in [4.78, 5) is 30.3. The van der Waals surface area contributed by atoms with Gasteiger partial charge in [-0.1, -0.05) is 84.9 Å². The molecule has 9 nitrogen and oxygen atoms in total. The van der Waals surface area contributed by atoms with Gasteiger partial charge in [-0.3, -0.25) is 4.79 Å². The van der Waals surface area contributed by atoms with Crippen LogP contribution in [0.25, 0.3) is 10.9 Å². The fourth-order valence-electron chi connectivity index (χ4n) is 4.86. The van der Waals surface area contributed by atoms with E-state index in [1.807, 2.05) is 91.0 Å². The minimum Gasteiger partial charge on any atom is -0.444 e. The molecule has 1 aromatic heterocycles. The third kappa shape index (κ3) is 10.2. The molecule has 0 fully saturated rings. The number of ether oxygens (including phenoxy) is 1. The van der Waals surface area contributed by atoms with Gasteiger partial charge in [-0.25, -0.2) is 9.78 Å². The molecule has 0 aliphatic heterocycles. The summed E-state index contributed by atoms with van der Waals surface area (Å²) in [5.41, 5.74) is 2.18. The minimum absolute atomic E-state index is 0.0859. The Morgan fingerprint density at radius 3 is 1.82 bits per heavy atom. The summed E-state index contributed by atoms with van der Waals surface area (Å²) in [6.07, 6.45) is -1.82. The average Bonchev–Trinajstić information content (AvgIpc) is 3.00. The highest BCUT2D eigenvalue weighted by Crippen LogP contribution is 2.14. The molecule has 0 bridgehead atoms. The normalized spacial score (nSPS) is 14.3. The molecule has 4 rings (SSSR count). The van der Waals surface area contributed by atoms with Gasteiger partial charge < -0.3 is 30.9 Å². The van der Waals surface area contributed by atoms with Crippen LogP contribution < -0.4 is 16.0 Å². The number of benzene rings is 3. The number of aliphatic hydroxyl groups excluding tert-OH is 2. The standard InChI is InChI=1S/C35H42N4O5/c1-35(2,3)44-34(43)39-30(21-25-14-8-5-9-15-25)32(41)23-36-22-31(40)29(20-24-12-6-4-7-13-24)38-33(42)28-19-18-26-16-10-11-17-27(26)37-28/h4-19,29-32,36,40-41H,20-23H2,1-3H3,(H,38,42)(H,39,43)/t29-,30-,31+,32+/m0/s1. The van der Waals surface area contributed by atoms with E-state index in [0.29, 0.717) is 18.4 Å². The first-order chi connectivity index (χ1) is 21.1. The molecule has 0 aliphatic carbocycles. The van der Waals surface area contributed by atoms with E-state index in [4.69, 9.17) is 4.74 Å². The quantitative estimate of drug-likeness (QED) is 0.157. The topological polar surface area (TPSA) is 133 Å². The van der Waals surface area contributed by atoms with E-state index < -0.39 is 36.0 Å². The Morgan fingerprint density at radius 1 is 0.727 bits per heavy atom. The van der Waals surface area contributed by atoms with E-state index in [1.54, 1.807) is 26.8 Å². The Kier molecular flexibility index (Phi) is 11.4. The van der Waals surface area contributed by atoms with Gasteiger partial charge in [0.1, 0.15) is 11.3 Å². The first kappa shape index (κ1) is 32.6. The maximum Gasteiger partial charge on any atom is 0.407 e. The predicted octanol–water partition coefficient (Wildman–Crippen LogP) is 4.02. The number of amides is 2. The van der Waals surface area contributed by atoms with Gasteiger partial charge in [-0.15, -0.1) is 0 Å². The van der Waals surface area contributed by atoms with Crippen molar-refractivity contribution < 1.29 is 24.5 Å². The Labute approximate surface area is 258 Å². The number of hydrogen-bond donors (Lipinski definition) is 5.